The lowest BCUT2D eigenvalue weighted by molar-refractivity contribution is -0.144. The minimum Gasteiger partial charge on any atom is -0.480 e. The van der Waals surface area contributed by atoms with Crippen LogP contribution in [0.25, 0.3) is 0 Å². The van der Waals surface area contributed by atoms with E-state index in [1.807, 2.05) is 6.92 Å². The van der Waals surface area contributed by atoms with E-state index in [0.29, 0.717) is 0 Å². The summed E-state index contributed by atoms with van der Waals surface area (Å²) in [6.07, 6.45) is 3.70. The maximum atomic E-state index is 12.2. The third kappa shape index (κ3) is 2.64. The summed E-state index contributed by atoms with van der Waals surface area (Å²) in [4.78, 5) is 35.8. The predicted molar refractivity (Wildman–Crippen MR) is 66.5 cm³/mol. The molecule has 1 heterocycles. The highest BCUT2D eigenvalue weighted by atomic mass is 16.4. The summed E-state index contributed by atoms with van der Waals surface area (Å²) < 4.78 is 0. The molecule has 7 heteroatoms. The van der Waals surface area contributed by atoms with Crippen LogP contribution in [0.1, 0.15) is 32.6 Å². The van der Waals surface area contributed by atoms with Gasteiger partial charge in [-0.1, -0.05) is 6.92 Å². The minimum atomic E-state index is -1.10. The van der Waals surface area contributed by atoms with Gasteiger partial charge in [-0.2, -0.15) is 0 Å². The molecule has 0 radical (unpaired) electrons. The first kappa shape index (κ1) is 13.6. The highest BCUT2D eigenvalue weighted by Crippen LogP contribution is 2.34. The minimum absolute atomic E-state index is 0.0410. The number of amides is 3. The summed E-state index contributed by atoms with van der Waals surface area (Å²) in [5.74, 6) is -1.43. The van der Waals surface area contributed by atoms with Gasteiger partial charge in [0.05, 0.1) is 0 Å². The molecule has 0 spiro atoms. The Kier molecular flexibility index (Phi) is 3.64. The summed E-state index contributed by atoms with van der Waals surface area (Å²) >= 11 is 0. The molecule has 1 saturated heterocycles. The number of carboxylic acids is 1. The van der Waals surface area contributed by atoms with E-state index in [9.17, 15) is 14.4 Å². The van der Waals surface area contributed by atoms with Gasteiger partial charge in [0, 0.05) is 12.1 Å². The van der Waals surface area contributed by atoms with Crippen LogP contribution < -0.4 is 10.6 Å². The molecular weight excluding hydrogens is 250 g/mol. The van der Waals surface area contributed by atoms with Gasteiger partial charge >= 0.3 is 12.0 Å². The van der Waals surface area contributed by atoms with Crippen molar-refractivity contribution in [2.24, 2.45) is 0 Å². The topological polar surface area (TPSA) is 98.7 Å². The number of urea groups is 1. The molecule has 2 rings (SSSR count). The molecule has 3 amide bonds. The molecule has 0 aromatic rings. The van der Waals surface area contributed by atoms with E-state index in [1.54, 1.807) is 0 Å². The number of carbonyl (C=O) groups excluding carboxylic acids is 2. The van der Waals surface area contributed by atoms with Crippen molar-refractivity contribution in [2.75, 3.05) is 13.1 Å². The molecule has 2 aliphatic rings. The first-order chi connectivity index (χ1) is 8.97. The fourth-order valence-corrected chi connectivity index (χ4v) is 2.54. The standard InChI is InChI=1S/C12H19N3O4/c1-2-12(4-3-5-12)14-11(19)15-7-9(16)13-6-8(15)10(17)18/h8H,2-7H2,1H3,(H,13,16)(H,14,19)(H,17,18). The molecule has 1 saturated carbocycles. The average molecular weight is 269 g/mol. The fraction of sp³-hybridized carbons (Fsp3) is 0.750. The molecule has 0 bridgehead atoms. The largest absolute Gasteiger partial charge is 0.480 e. The first-order valence-corrected chi connectivity index (χ1v) is 6.56. The third-order valence-electron chi connectivity index (χ3n) is 4.09. The van der Waals surface area contributed by atoms with Crippen LogP contribution in [0.15, 0.2) is 0 Å². The second-order valence-corrected chi connectivity index (χ2v) is 5.20. The molecule has 19 heavy (non-hydrogen) atoms. The van der Waals surface area contributed by atoms with Crippen LogP contribution in [-0.4, -0.2) is 52.6 Å². The summed E-state index contributed by atoms with van der Waals surface area (Å²) in [5, 5.41) is 14.5. The first-order valence-electron chi connectivity index (χ1n) is 6.56. The number of aliphatic carboxylic acids is 1. The molecule has 2 fully saturated rings. The molecule has 106 valence electrons. The summed E-state index contributed by atoms with van der Waals surface area (Å²) in [7, 11) is 0. The molecule has 0 aromatic heterocycles. The van der Waals surface area contributed by atoms with E-state index in [1.165, 1.54) is 0 Å². The van der Waals surface area contributed by atoms with Crippen LogP contribution in [0, 0.1) is 0 Å². The Morgan fingerprint density at radius 2 is 2.21 bits per heavy atom. The molecule has 1 aliphatic heterocycles. The summed E-state index contributed by atoms with van der Waals surface area (Å²) in [6, 6.07) is -1.45. The van der Waals surface area contributed by atoms with E-state index < -0.39 is 18.0 Å². The van der Waals surface area contributed by atoms with Crippen molar-refractivity contribution in [1.82, 2.24) is 15.5 Å². The third-order valence-corrected chi connectivity index (χ3v) is 4.09. The van der Waals surface area contributed by atoms with Crippen LogP contribution in [0.3, 0.4) is 0 Å². The van der Waals surface area contributed by atoms with Gasteiger partial charge in [0.2, 0.25) is 5.91 Å². The molecule has 1 atom stereocenters. The second-order valence-electron chi connectivity index (χ2n) is 5.20. The maximum Gasteiger partial charge on any atom is 0.328 e. The fourth-order valence-electron chi connectivity index (χ4n) is 2.54. The number of carbonyl (C=O) groups is 3. The average Bonchev–Trinajstić information content (AvgIpc) is 2.33. The van der Waals surface area contributed by atoms with Gasteiger partial charge in [-0.05, 0) is 25.7 Å². The Labute approximate surface area is 111 Å². The van der Waals surface area contributed by atoms with Crippen LogP contribution in [0.5, 0.6) is 0 Å². The number of hydrogen-bond donors (Lipinski definition) is 3. The molecule has 3 N–H and O–H groups in total. The van der Waals surface area contributed by atoms with E-state index in [0.717, 1.165) is 30.6 Å². The van der Waals surface area contributed by atoms with Gasteiger partial charge in [0.1, 0.15) is 12.6 Å². The number of piperazine rings is 1. The zero-order valence-electron chi connectivity index (χ0n) is 10.9. The molecule has 7 nitrogen and oxygen atoms in total. The quantitative estimate of drug-likeness (QED) is 0.667. The van der Waals surface area contributed by atoms with Crippen LogP contribution in [-0.2, 0) is 9.59 Å². The number of hydrogen-bond acceptors (Lipinski definition) is 3. The summed E-state index contributed by atoms with van der Waals surface area (Å²) in [5.41, 5.74) is -0.214. The highest BCUT2D eigenvalue weighted by molar-refractivity contribution is 5.90. The van der Waals surface area contributed by atoms with Gasteiger partial charge < -0.3 is 15.7 Å². The van der Waals surface area contributed by atoms with Gasteiger partial charge in [-0.3, -0.25) is 9.69 Å². The van der Waals surface area contributed by atoms with Crippen LogP contribution in [0.2, 0.25) is 0 Å². The van der Waals surface area contributed by atoms with E-state index in [-0.39, 0.29) is 24.5 Å². The SMILES string of the molecule is CCC1(NC(=O)N2CC(=O)NCC2C(=O)O)CCC1. The Balaban J connectivity index is 2.06. The normalized spacial score (nSPS) is 25.2. The van der Waals surface area contributed by atoms with Gasteiger partial charge in [-0.15, -0.1) is 0 Å². The monoisotopic (exact) mass is 269 g/mol. The van der Waals surface area contributed by atoms with E-state index in [4.69, 9.17) is 5.11 Å². The molecular formula is C12H19N3O4. The lowest BCUT2D eigenvalue weighted by atomic mass is 9.75. The maximum absolute atomic E-state index is 12.2. The summed E-state index contributed by atoms with van der Waals surface area (Å²) in [6.45, 7) is 1.75. The Hall–Kier alpha value is -1.79. The number of nitrogens with zero attached hydrogens (tertiary/aromatic N) is 1. The molecule has 1 unspecified atom stereocenters. The van der Waals surface area contributed by atoms with Crippen molar-refractivity contribution in [1.29, 1.82) is 0 Å². The smallest absolute Gasteiger partial charge is 0.328 e. The zero-order valence-corrected chi connectivity index (χ0v) is 10.9. The highest BCUT2D eigenvalue weighted by Gasteiger charge is 2.41. The molecule has 1 aliphatic carbocycles. The Bertz CT molecular complexity index is 400. The number of carboxylic acid groups (broad SMARTS) is 1. The number of nitrogens with one attached hydrogen (secondary N) is 2. The molecule has 0 aromatic carbocycles. The number of rotatable bonds is 3. The lowest BCUT2D eigenvalue weighted by Gasteiger charge is -2.44. The van der Waals surface area contributed by atoms with Crippen LogP contribution >= 0.6 is 0 Å². The van der Waals surface area contributed by atoms with Crippen molar-refractivity contribution in [3.05, 3.63) is 0 Å². The van der Waals surface area contributed by atoms with Gasteiger partial charge in [-0.25, -0.2) is 9.59 Å². The lowest BCUT2D eigenvalue weighted by Crippen LogP contribution is -2.65. The zero-order chi connectivity index (χ0) is 14.0. The van der Waals surface area contributed by atoms with Crippen molar-refractivity contribution in [3.8, 4) is 0 Å². The van der Waals surface area contributed by atoms with Crippen molar-refractivity contribution < 1.29 is 19.5 Å². The van der Waals surface area contributed by atoms with Gasteiger partial charge in [0.15, 0.2) is 0 Å². The van der Waals surface area contributed by atoms with E-state index >= 15 is 0 Å². The Morgan fingerprint density at radius 3 is 2.68 bits per heavy atom. The van der Waals surface area contributed by atoms with Crippen molar-refractivity contribution >= 4 is 17.9 Å². The van der Waals surface area contributed by atoms with Gasteiger partial charge in [0.25, 0.3) is 0 Å². The van der Waals surface area contributed by atoms with Crippen LogP contribution in [0.4, 0.5) is 4.79 Å². The van der Waals surface area contributed by atoms with E-state index in [2.05, 4.69) is 10.6 Å². The predicted octanol–water partition coefficient (Wildman–Crippen LogP) is -0.0863. The van der Waals surface area contributed by atoms with Crippen molar-refractivity contribution in [2.45, 2.75) is 44.2 Å². The Morgan fingerprint density at radius 1 is 1.53 bits per heavy atom. The second kappa shape index (κ2) is 5.07. The van der Waals surface area contributed by atoms with Crippen molar-refractivity contribution in [3.63, 3.8) is 0 Å².